The second kappa shape index (κ2) is 4.45. The van der Waals surface area contributed by atoms with Crippen molar-refractivity contribution < 1.29 is 4.79 Å². The van der Waals surface area contributed by atoms with E-state index in [2.05, 4.69) is 5.32 Å². The molecule has 1 aliphatic rings. The zero-order chi connectivity index (χ0) is 8.97. The Morgan fingerprint density at radius 1 is 1.58 bits per heavy atom. The number of nitrogens with two attached hydrogens (primary N) is 1. The summed E-state index contributed by atoms with van der Waals surface area (Å²) in [5, 5.41) is 3.29. The van der Waals surface area contributed by atoms with Crippen LogP contribution in [0.15, 0.2) is 0 Å². The van der Waals surface area contributed by atoms with E-state index in [4.69, 9.17) is 5.73 Å². The molecule has 0 bridgehead atoms. The van der Waals surface area contributed by atoms with E-state index in [1.54, 1.807) is 0 Å². The van der Waals surface area contributed by atoms with Gasteiger partial charge in [0, 0.05) is 6.04 Å². The summed E-state index contributed by atoms with van der Waals surface area (Å²) in [6.07, 6.45) is 5.76. The van der Waals surface area contributed by atoms with Crippen LogP contribution in [0, 0.1) is 0 Å². The lowest BCUT2D eigenvalue weighted by Crippen LogP contribution is -2.45. The van der Waals surface area contributed by atoms with Gasteiger partial charge < -0.3 is 11.1 Å². The van der Waals surface area contributed by atoms with E-state index in [1.165, 1.54) is 25.7 Å². The Kier molecular flexibility index (Phi) is 3.53. The molecule has 3 N–H and O–H groups in total. The Balaban J connectivity index is 2.30. The largest absolute Gasteiger partial charge is 0.368 e. The molecule has 0 aromatic heterocycles. The highest BCUT2D eigenvalue weighted by atomic mass is 16.1. The molecule has 70 valence electrons. The van der Waals surface area contributed by atoms with Crippen LogP contribution in [0.2, 0.25) is 0 Å². The van der Waals surface area contributed by atoms with Crippen LogP contribution in [-0.4, -0.2) is 18.0 Å². The molecule has 0 aliphatic heterocycles. The summed E-state index contributed by atoms with van der Waals surface area (Å²) in [4.78, 5) is 10.9. The average molecular weight is 170 g/mol. The molecule has 3 heteroatoms. The third kappa shape index (κ3) is 2.48. The van der Waals surface area contributed by atoms with Gasteiger partial charge in [-0.3, -0.25) is 4.79 Å². The van der Waals surface area contributed by atoms with E-state index in [0.717, 1.165) is 6.42 Å². The van der Waals surface area contributed by atoms with Crippen LogP contribution in [0.3, 0.4) is 0 Å². The first kappa shape index (κ1) is 9.52. The predicted octanol–water partition coefficient (Wildman–Crippen LogP) is 0.782. The van der Waals surface area contributed by atoms with Gasteiger partial charge in [0.15, 0.2) is 0 Å². The third-order valence-electron chi connectivity index (χ3n) is 2.54. The highest BCUT2D eigenvalue weighted by Crippen LogP contribution is 2.18. The van der Waals surface area contributed by atoms with E-state index >= 15 is 0 Å². The van der Waals surface area contributed by atoms with Crippen LogP contribution < -0.4 is 11.1 Å². The monoisotopic (exact) mass is 170 g/mol. The van der Waals surface area contributed by atoms with Crippen molar-refractivity contribution in [1.82, 2.24) is 5.32 Å². The summed E-state index contributed by atoms with van der Waals surface area (Å²) in [6, 6.07) is 0.413. The zero-order valence-electron chi connectivity index (χ0n) is 7.68. The number of primary amides is 1. The van der Waals surface area contributed by atoms with Crippen LogP contribution in [-0.2, 0) is 4.79 Å². The van der Waals surface area contributed by atoms with Gasteiger partial charge in [-0.05, 0) is 19.3 Å². The van der Waals surface area contributed by atoms with E-state index in [-0.39, 0.29) is 11.9 Å². The Bertz CT molecular complexity index is 153. The first-order chi connectivity index (χ1) is 5.74. The molecule has 1 atom stereocenters. The maximum absolute atomic E-state index is 10.9. The van der Waals surface area contributed by atoms with Gasteiger partial charge in [0.1, 0.15) is 0 Å². The van der Waals surface area contributed by atoms with E-state index < -0.39 is 0 Å². The average Bonchev–Trinajstić information content (AvgIpc) is 2.51. The second-order valence-corrected chi connectivity index (χ2v) is 3.51. The highest BCUT2D eigenvalue weighted by Gasteiger charge is 2.20. The molecule has 1 rings (SSSR count). The molecular formula is C9H18N2O. The smallest absolute Gasteiger partial charge is 0.234 e. The van der Waals surface area contributed by atoms with Crippen LogP contribution in [0.25, 0.3) is 0 Å². The van der Waals surface area contributed by atoms with Gasteiger partial charge in [-0.25, -0.2) is 0 Å². The van der Waals surface area contributed by atoms with Crippen molar-refractivity contribution in [3.8, 4) is 0 Å². The maximum atomic E-state index is 10.9. The minimum atomic E-state index is -0.218. The summed E-state index contributed by atoms with van der Waals surface area (Å²) in [7, 11) is 0. The van der Waals surface area contributed by atoms with Crippen molar-refractivity contribution in [2.45, 2.75) is 51.1 Å². The van der Waals surface area contributed by atoms with Gasteiger partial charge in [-0.1, -0.05) is 19.8 Å². The standard InChI is InChI=1S/C9H18N2O/c1-2-8(9(10)12)11-7-5-3-4-6-7/h7-8,11H,2-6H2,1H3,(H2,10,12)/t8-/m0/s1. The lowest BCUT2D eigenvalue weighted by atomic mass is 10.1. The van der Waals surface area contributed by atoms with Gasteiger partial charge >= 0.3 is 0 Å². The number of carbonyl (C=O) groups excluding carboxylic acids is 1. The molecule has 0 spiro atoms. The fraction of sp³-hybridized carbons (Fsp3) is 0.889. The summed E-state index contributed by atoms with van der Waals surface area (Å²) in [5.74, 6) is -0.218. The molecular weight excluding hydrogens is 152 g/mol. The van der Waals surface area contributed by atoms with Gasteiger partial charge in [0.05, 0.1) is 6.04 Å². The van der Waals surface area contributed by atoms with Gasteiger partial charge in [-0.15, -0.1) is 0 Å². The molecule has 12 heavy (non-hydrogen) atoms. The molecule has 0 saturated heterocycles. The number of rotatable bonds is 4. The van der Waals surface area contributed by atoms with Crippen molar-refractivity contribution in [3.05, 3.63) is 0 Å². The van der Waals surface area contributed by atoms with E-state index in [0.29, 0.717) is 6.04 Å². The van der Waals surface area contributed by atoms with Crippen molar-refractivity contribution in [2.24, 2.45) is 5.73 Å². The van der Waals surface area contributed by atoms with Crippen molar-refractivity contribution in [3.63, 3.8) is 0 Å². The minimum absolute atomic E-state index is 0.118. The second-order valence-electron chi connectivity index (χ2n) is 3.51. The van der Waals surface area contributed by atoms with Crippen molar-refractivity contribution in [1.29, 1.82) is 0 Å². The third-order valence-corrected chi connectivity index (χ3v) is 2.54. The van der Waals surface area contributed by atoms with Gasteiger partial charge in [-0.2, -0.15) is 0 Å². The Labute approximate surface area is 73.7 Å². The van der Waals surface area contributed by atoms with Crippen LogP contribution in [0.4, 0.5) is 0 Å². The van der Waals surface area contributed by atoms with Gasteiger partial charge in [0.25, 0.3) is 0 Å². The fourth-order valence-electron chi connectivity index (χ4n) is 1.78. The number of carbonyl (C=O) groups is 1. The molecule has 0 aromatic carbocycles. The molecule has 0 heterocycles. The first-order valence-corrected chi connectivity index (χ1v) is 4.79. The molecule has 1 aliphatic carbocycles. The highest BCUT2D eigenvalue weighted by molar-refractivity contribution is 5.79. The normalized spacial score (nSPS) is 21.1. The minimum Gasteiger partial charge on any atom is -0.368 e. The quantitative estimate of drug-likeness (QED) is 0.655. The zero-order valence-corrected chi connectivity index (χ0v) is 7.68. The Morgan fingerprint density at radius 3 is 2.58 bits per heavy atom. The summed E-state index contributed by atoms with van der Waals surface area (Å²) < 4.78 is 0. The van der Waals surface area contributed by atoms with Crippen molar-refractivity contribution >= 4 is 5.91 Å². The summed E-state index contributed by atoms with van der Waals surface area (Å²) in [5.41, 5.74) is 5.22. The molecule has 0 radical (unpaired) electrons. The number of amides is 1. The maximum Gasteiger partial charge on any atom is 0.234 e. The number of hydrogen-bond acceptors (Lipinski definition) is 2. The molecule has 3 nitrogen and oxygen atoms in total. The van der Waals surface area contributed by atoms with Crippen LogP contribution >= 0.6 is 0 Å². The van der Waals surface area contributed by atoms with Gasteiger partial charge in [0.2, 0.25) is 5.91 Å². The Morgan fingerprint density at radius 2 is 2.17 bits per heavy atom. The molecule has 1 saturated carbocycles. The SMILES string of the molecule is CC[C@H](NC1CCCC1)C(N)=O. The topological polar surface area (TPSA) is 55.1 Å². The van der Waals surface area contributed by atoms with Crippen molar-refractivity contribution in [2.75, 3.05) is 0 Å². The molecule has 1 amide bonds. The Hall–Kier alpha value is -0.570. The first-order valence-electron chi connectivity index (χ1n) is 4.79. The number of nitrogens with one attached hydrogen (secondary N) is 1. The summed E-state index contributed by atoms with van der Waals surface area (Å²) >= 11 is 0. The van der Waals surface area contributed by atoms with E-state index in [1.807, 2.05) is 6.92 Å². The van der Waals surface area contributed by atoms with Crippen LogP contribution in [0.5, 0.6) is 0 Å². The lowest BCUT2D eigenvalue weighted by molar-refractivity contribution is -0.120. The van der Waals surface area contributed by atoms with E-state index in [9.17, 15) is 4.79 Å². The van der Waals surface area contributed by atoms with Crippen LogP contribution in [0.1, 0.15) is 39.0 Å². The predicted molar refractivity (Wildman–Crippen MR) is 48.7 cm³/mol. The molecule has 0 aromatic rings. The summed E-state index contributed by atoms with van der Waals surface area (Å²) in [6.45, 7) is 1.98. The molecule has 0 unspecified atom stereocenters. The number of hydrogen-bond donors (Lipinski definition) is 2. The lowest BCUT2D eigenvalue weighted by Gasteiger charge is -2.18. The molecule has 1 fully saturated rings. The fourth-order valence-corrected chi connectivity index (χ4v) is 1.78.